The quantitative estimate of drug-likeness (QED) is 0.685. The largest absolute Gasteiger partial charge is 0.481 e. The number of carbonyl (C=O) groups is 2. The molecule has 1 amide bonds. The van der Waals surface area contributed by atoms with Crippen LogP contribution in [0.1, 0.15) is 41.7 Å². The number of fused-ring (bicyclic) bond motifs is 1. The van der Waals surface area contributed by atoms with Crippen LogP contribution in [-0.4, -0.2) is 28.5 Å². The third-order valence-electron chi connectivity index (χ3n) is 3.47. The smallest absolute Gasteiger partial charge is 0.303 e. The van der Waals surface area contributed by atoms with Crippen LogP contribution in [0.3, 0.4) is 0 Å². The first-order chi connectivity index (χ1) is 10.1. The molecule has 0 spiro atoms. The second kappa shape index (κ2) is 6.92. The van der Waals surface area contributed by atoms with Gasteiger partial charge in [0.15, 0.2) is 0 Å². The number of benzene rings is 1. The molecule has 5 heteroatoms. The molecule has 0 aliphatic carbocycles. The highest BCUT2D eigenvalue weighted by Crippen LogP contribution is 2.21. The first kappa shape index (κ1) is 15.1. The SMILES string of the molecule is Cc1[nH]c2ccccc2c1C(=O)NCCCCCC(=O)O. The highest BCUT2D eigenvalue weighted by molar-refractivity contribution is 6.08. The van der Waals surface area contributed by atoms with Crippen molar-refractivity contribution in [2.75, 3.05) is 6.54 Å². The van der Waals surface area contributed by atoms with Gasteiger partial charge in [0.1, 0.15) is 0 Å². The maximum Gasteiger partial charge on any atom is 0.303 e. The van der Waals surface area contributed by atoms with Crippen LogP contribution in [0.2, 0.25) is 0 Å². The van der Waals surface area contributed by atoms with E-state index in [0.717, 1.165) is 29.4 Å². The van der Waals surface area contributed by atoms with Gasteiger partial charge in [0.2, 0.25) is 0 Å². The van der Waals surface area contributed by atoms with Gasteiger partial charge in [-0.1, -0.05) is 24.6 Å². The highest BCUT2D eigenvalue weighted by atomic mass is 16.4. The molecular formula is C16H20N2O3. The fraction of sp³-hybridized carbons (Fsp3) is 0.375. The second-order valence-corrected chi connectivity index (χ2v) is 5.13. The number of carboxylic acids is 1. The van der Waals surface area contributed by atoms with E-state index in [4.69, 9.17) is 5.11 Å². The fourth-order valence-corrected chi connectivity index (χ4v) is 2.44. The predicted octanol–water partition coefficient (Wildman–Crippen LogP) is 2.85. The molecule has 0 unspecified atom stereocenters. The number of amides is 1. The summed E-state index contributed by atoms with van der Waals surface area (Å²) in [4.78, 5) is 25.8. The summed E-state index contributed by atoms with van der Waals surface area (Å²) in [5.41, 5.74) is 2.51. The van der Waals surface area contributed by atoms with Gasteiger partial charge in [-0.2, -0.15) is 0 Å². The van der Waals surface area contributed by atoms with Crippen molar-refractivity contribution in [3.05, 3.63) is 35.5 Å². The molecular weight excluding hydrogens is 268 g/mol. The van der Waals surface area contributed by atoms with E-state index in [1.165, 1.54) is 0 Å². The first-order valence-corrected chi connectivity index (χ1v) is 7.17. The van der Waals surface area contributed by atoms with E-state index < -0.39 is 5.97 Å². The van der Waals surface area contributed by atoms with Crippen molar-refractivity contribution in [2.45, 2.75) is 32.6 Å². The number of carboxylic acid groups (broad SMARTS) is 1. The van der Waals surface area contributed by atoms with Gasteiger partial charge in [0.05, 0.1) is 5.56 Å². The van der Waals surface area contributed by atoms with Crippen molar-refractivity contribution in [3.8, 4) is 0 Å². The number of aromatic amines is 1. The highest BCUT2D eigenvalue weighted by Gasteiger charge is 2.14. The average molecular weight is 288 g/mol. The number of rotatable bonds is 7. The number of carbonyl (C=O) groups excluding carboxylic acids is 1. The lowest BCUT2D eigenvalue weighted by Crippen LogP contribution is -2.24. The molecule has 0 bridgehead atoms. The third kappa shape index (κ3) is 3.84. The summed E-state index contributed by atoms with van der Waals surface area (Å²) >= 11 is 0. The fourth-order valence-electron chi connectivity index (χ4n) is 2.44. The zero-order chi connectivity index (χ0) is 15.2. The summed E-state index contributed by atoms with van der Waals surface area (Å²) < 4.78 is 0. The first-order valence-electron chi connectivity index (χ1n) is 7.17. The molecule has 112 valence electrons. The molecule has 1 aromatic heterocycles. The van der Waals surface area contributed by atoms with Crippen LogP contribution in [0.4, 0.5) is 0 Å². The molecule has 1 aromatic carbocycles. The van der Waals surface area contributed by atoms with Crippen LogP contribution < -0.4 is 5.32 Å². The Kier molecular flexibility index (Phi) is 4.98. The Morgan fingerprint density at radius 2 is 1.95 bits per heavy atom. The zero-order valence-corrected chi connectivity index (χ0v) is 12.1. The maximum absolute atomic E-state index is 12.3. The van der Waals surface area contributed by atoms with Crippen molar-refractivity contribution in [2.24, 2.45) is 0 Å². The van der Waals surface area contributed by atoms with Crippen molar-refractivity contribution in [1.29, 1.82) is 0 Å². The minimum atomic E-state index is -0.770. The molecule has 0 fully saturated rings. The van der Waals surface area contributed by atoms with Gasteiger partial charge in [-0.25, -0.2) is 0 Å². The summed E-state index contributed by atoms with van der Waals surface area (Å²) in [6.07, 6.45) is 2.44. The molecule has 0 atom stereocenters. The molecule has 0 aliphatic rings. The molecule has 0 aliphatic heterocycles. The Bertz CT molecular complexity index is 646. The zero-order valence-electron chi connectivity index (χ0n) is 12.1. The van der Waals surface area contributed by atoms with E-state index in [1.807, 2.05) is 31.2 Å². The van der Waals surface area contributed by atoms with Gasteiger partial charge < -0.3 is 15.4 Å². The summed E-state index contributed by atoms with van der Waals surface area (Å²) in [5, 5.41) is 12.4. The predicted molar refractivity (Wildman–Crippen MR) is 81.5 cm³/mol. The van der Waals surface area contributed by atoms with Gasteiger partial charge in [-0.15, -0.1) is 0 Å². The van der Waals surface area contributed by atoms with Gasteiger partial charge in [0.25, 0.3) is 5.91 Å². The Hall–Kier alpha value is -2.30. The van der Waals surface area contributed by atoms with Crippen molar-refractivity contribution < 1.29 is 14.7 Å². The van der Waals surface area contributed by atoms with Crippen molar-refractivity contribution in [3.63, 3.8) is 0 Å². The minimum absolute atomic E-state index is 0.0804. The number of H-pyrrole nitrogens is 1. The van der Waals surface area contributed by atoms with Gasteiger partial charge in [-0.05, 0) is 25.8 Å². The summed E-state index contributed by atoms with van der Waals surface area (Å²) in [5.74, 6) is -0.850. The number of nitrogens with one attached hydrogen (secondary N) is 2. The van der Waals surface area contributed by atoms with Crippen molar-refractivity contribution in [1.82, 2.24) is 10.3 Å². The second-order valence-electron chi connectivity index (χ2n) is 5.13. The van der Waals surface area contributed by atoms with Crippen molar-refractivity contribution >= 4 is 22.8 Å². The van der Waals surface area contributed by atoms with E-state index in [-0.39, 0.29) is 12.3 Å². The number of hydrogen-bond donors (Lipinski definition) is 3. The number of para-hydroxylation sites is 1. The van der Waals surface area contributed by atoms with Crippen LogP contribution >= 0.6 is 0 Å². The van der Waals surface area contributed by atoms with Crippen LogP contribution in [0.25, 0.3) is 10.9 Å². The average Bonchev–Trinajstić information content (AvgIpc) is 2.78. The van der Waals surface area contributed by atoms with E-state index in [1.54, 1.807) is 0 Å². The Labute approximate surface area is 123 Å². The lowest BCUT2D eigenvalue weighted by atomic mass is 10.1. The topological polar surface area (TPSA) is 82.2 Å². The Balaban J connectivity index is 1.88. The van der Waals surface area contributed by atoms with Gasteiger partial charge >= 0.3 is 5.97 Å². The molecule has 0 saturated carbocycles. The monoisotopic (exact) mass is 288 g/mol. The van der Waals surface area contributed by atoms with E-state index in [0.29, 0.717) is 18.5 Å². The normalized spacial score (nSPS) is 10.7. The van der Waals surface area contributed by atoms with Gasteiger partial charge in [-0.3, -0.25) is 9.59 Å². The van der Waals surface area contributed by atoms with E-state index in [9.17, 15) is 9.59 Å². The summed E-state index contributed by atoms with van der Waals surface area (Å²) in [6.45, 7) is 2.46. The summed E-state index contributed by atoms with van der Waals surface area (Å²) in [7, 11) is 0. The number of aromatic nitrogens is 1. The Morgan fingerprint density at radius 1 is 1.19 bits per heavy atom. The molecule has 0 radical (unpaired) electrons. The molecule has 5 nitrogen and oxygen atoms in total. The number of hydrogen-bond acceptors (Lipinski definition) is 2. The molecule has 3 N–H and O–H groups in total. The maximum atomic E-state index is 12.3. The minimum Gasteiger partial charge on any atom is -0.481 e. The van der Waals surface area contributed by atoms with Crippen LogP contribution in [0.5, 0.6) is 0 Å². The van der Waals surface area contributed by atoms with E-state index >= 15 is 0 Å². The van der Waals surface area contributed by atoms with Crippen LogP contribution in [-0.2, 0) is 4.79 Å². The number of aliphatic carboxylic acids is 1. The molecule has 0 saturated heterocycles. The molecule has 21 heavy (non-hydrogen) atoms. The van der Waals surface area contributed by atoms with E-state index in [2.05, 4.69) is 10.3 Å². The molecule has 2 aromatic rings. The number of unbranched alkanes of at least 4 members (excludes halogenated alkanes) is 2. The summed E-state index contributed by atoms with van der Waals surface area (Å²) in [6, 6.07) is 7.73. The Morgan fingerprint density at radius 3 is 2.71 bits per heavy atom. The standard InChI is InChI=1S/C16H20N2O3/c1-11-15(12-7-4-5-8-13(12)18-11)16(21)17-10-6-2-3-9-14(19)20/h4-5,7-8,18H,2-3,6,9-10H2,1H3,(H,17,21)(H,19,20). The van der Waals surface area contributed by atoms with Gasteiger partial charge in [0, 0.05) is 29.6 Å². The molecule has 1 heterocycles. The number of aryl methyl sites for hydroxylation is 1. The third-order valence-corrected chi connectivity index (χ3v) is 3.47. The van der Waals surface area contributed by atoms with Crippen LogP contribution in [0, 0.1) is 6.92 Å². The molecule has 2 rings (SSSR count). The lowest BCUT2D eigenvalue weighted by Gasteiger charge is -2.05. The lowest BCUT2D eigenvalue weighted by molar-refractivity contribution is -0.137. The van der Waals surface area contributed by atoms with Crippen LogP contribution in [0.15, 0.2) is 24.3 Å².